The number of aryl methyl sites for hydroxylation is 1. The van der Waals surface area contributed by atoms with E-state index in [1.54, 1.807) is 18.2 Å². The molecule has 1 N–H and O–H groups in total. The Labute approximate surface area is 193 Å². The predicted octanol–water partition coefficient (Wildman–Crippen LogP) is 5.32. The van der Waals surface area contributed by atoms with Crippen molar-refractivity contribution in [1.82, 2.24) is 9.88 Å². The van der Waals surface area contributed by atoms with Crippen LogP contribution in [-0.4, -0.2) is 52.9 Å². The number of likely N-dealkylation sites (tertiary alicyclic amines) is 1. The van der Waals surface area contributed by atoms with E-state index in [1.807, 2.05) is 39.0 Å². The number of benzene rings is 1. The Morgan fingerprint density at radius 2 is 1.94 bits per heavy atom. The molecule has 2 heterocycles. The summed E-state index contributed by atoms with van der Waals surface area (Å²) in [5.41, 5.74) is 0.338. The summed E-state index contributed by atoms with van der Waals surface area (Å²) in [6, 6.07) is 5.65. The number of carboxylic acids is 1. The fourth-order valence-corrected chi connectivity index (χ4v) is 4.45. The van der Waals surface area contributed by atoms with Gasteiger partial charge in [-0.1, -0.05) is 11.6 Å². The van der Waals surface area contributed by atoms with Gasteiger partial charge in [0.1, 0.15) is 11.4 Å². The Balaban J connectivity index is 1.68. The topological polar surface area (TPSA) is 89.0 Å². The van der Waals surface area contributed by atoms with Gasteiger partial charge in [-0.05, 0) is 76.6 Å². The summed E-state index contributed by atoms with van der Waals surface area (Å²) < 4.78 is 10.8. The molecule has 8 heteroatoms. The summed E-state index contributed by atoms with van der Waals surface area (Å²) in [7, 11) is 1.61. The van der Waals surface area contributed by atoms with Crippen molar-refractivity contribution in [2.75, 3.05) is 20.2 Å². The SMILES string of the molecule is COc1ccc2ncc(Cl)c(CCCC3(C(=O)O)CCN(C(=O)OC(C)(C)C)CC3)c2c1. The molecule has 0 bridgehead atoms. The van der Waals surface area contributed by atoms with Gasteiger partial charge in [-0.2, -0.15) is 0 Å². The molecular formula is C24H31ClN2O5. The molecule has 0 aliphatic carbocycles. The molecule has 1 amide bonds. The molecule has 3 rings (SSSR count). The first-order chi connectivity index (χ1) is 15.0. The van der Waals surface area contributed by atoms with Crippen LogP contribution in [0.1, 0.15) is 52.0 Å². The molecule has 0 unspecified atom stereocenters. The number of fused-ring (bicyclic) bond motifs is 1. The van der Waals surface area contributed by atoms with Crippen LogP contribution in [0.15, 0.2) is 24.4 Å². The smallest absolute Gasteiger partial charge is 0.410 e. The largest absolute Gasteiger partial charge is 0.497 e. The van der Waals surface area contributed by atoms with Gasteiger partial charge < -0.3 is 19.5 Å². The summed E-state index contributed by atoms with van der Waals surface area (Å²) in [6.45, 7) is 6.20. The van der Waals surface area contributed by atoms with Crippen LogP contribution in [-0.2, 0) is 16.0 Å². The molecule has 1 aliphatic rings. The average molecular weight is 463 g/mol. The Hall–Kier alpha value is -2.54. The number of aromatic nitrogens is 1. The number of rotatable bonds is 6. The molecule has 1 saturated heterocycles. The standard InChI is InChI=1S/C24H31ClN2O5/c1-23(2,3)32-22(30)27-12-10-24(11-13-27,21(28)29)9-5-6-17-18-14-16(31-4)7-8-20(18)26-15-19(17)25/h7-8,14-15H,5-6,9-13H2,1-4H3,(H,28,29). The van der Waals surface area contributed by atoms with Crippen molar-refractivity contribution in [3.63, 3.8) is 0 Å². The number of hydrogen-bond acceptors (Lipinski definition) is 5. The minimum Gasteiger partial charge on any atom is -0.497 e. The van der Waals surface area contributed by atoms with E-state index in [4.69, 9.17) is 21.1 Å². The van der Waals surface area contributed by atoms with E-state index in [1.165, 1.54) is 0 Å². The van der Waals surface area contributed by atoms with Gasteiger partial charge in [0.2, 0.25) is 0 Å². The summed E-state index contributed by atoms with van der Waals surface area (Å²) in [5.74, 6) is -0.0898. The summed E-state index contributed by atoms with van der Waals surface area (Å²) in [5, 5.41) is 11.5. The van der Waals surface area contributed by atoms with Crippen molar-refractivity contribution in [2.45, 2.75) is 58.5 Å². The molecule has 1 fully saturated rings. The molecule has 0 atom stereocenters. The molecular weight excluding hydrogens is 432 g/mol. The second-order valence-electron chi connectivity index (χ2n) is 9.37. The minimum atomic E-state index is -0.856. The molecule has 0 radical (unpaired) electrons. The van der Waals surface area contributed by atoms with E-state index >= 15 is 0 Å². The van der Waals surface area contributed by atoms with Crippen LogP contribution < -0.4 is 4.74 Å². The first-order valence-corrected chi connectivity index (χ1v) is 11.2. The number of carbonyl (C=O) groups excluding carboxylic acids is 1. The second kappa shape index (κ2) is 9.53. The molecule has 1 aliphatic heterocycles. The van der Waals surface area contributed by atoms with Crippen LogP contribution >= 0.6 is 11.6 Å². The fraction of sp³-hybridized carbons (Fsp3) is 0.542. The first kappa shape index (κ1) is 24.1. The van der Waals surface area contributed by atoms with Gasteiger partial charge >= 0.3 is 12.1 Å². The lowest BCUT2D eigenvalue weighted by Crippen LogP contribution is -2.48. The zero-order chi connectivity index (χ0) is 23.5. The molecule has 1 aromatic carbocycles. The van der Waals surface area contributed by atoms with E-state index < -0.39 is 17.0 Å². The average Bonchev–Trinajstić information content (AvgIpc) is 2.74. The minimum absolute atomic E-state index is 0.372. The van der Waals surface area contributed by atoms with Gasteiger partial charge in [-0.3, -0.25) is 9.78 Å². The summed E-state index contributed by atoms with van der Waals surface area (Å²) in [6.07, 6.45) is 3.86. The first-order valence-electron chi connectivity index (χ1n) is 10.9. The zero-order valence-corrected chi connectivity index (χ0v) is 19.9. The van der Waals surface area contributed by atoms with Crippen LogP contribution in [0, 0.1) is 5.41 Å². The Morgan fingerprint density at radius 1 is 1.25 bits per heavy atom. The quantitative estimate of drug-likeness (QED) is 0.624. The molecule has 32 heavy (non-hydrogen) atoms. The van der Waals surface area contributed by atoms with E-state index in [0.717, 1.165) is 22.2 Å². The van der Waals surface area contributed by atoms with Gasteiger partial charge in [0.15, 0.2) is 0 Å². The van der Waals surface area contributed by atoms with Crippen molar-refractivity contribution in [1.29, 1.82) is 0 Å². The lowest BCUT2D eigenvalue weighted by Gasteiger charge is -2.39. The number of hydrogen-bond donors (Lipinski definition) is 1. The predicted molar refractivity (Wildman–Crippen MR) is 123 cm³/mol. The van der Waals surface area contributed by atoms with E-state index in [9.17, 15) is 14.7 Å². The third-order valence-electron chi connectivity index (χ3n) is 6.04. The summed E-state index contributed by atoms with van der Waals surface area (Å²) in [4.78, 5) is 30.5. The number of carboxylic acid groups (broad SMARTS) is 1. The number of halogens is 1. The maximum atomic E-state index is 12.3. The van der Waals surface area contributed by atoms with Gasteiger partial charge in [0.05, 0.1) is 23.1 Å². The molecule has 174 valence electrons. The maximum absolute atomic E-state index is 12.3. The number of ether oxygens (including phenoxy) is 2. The van der Waals surface area contributed by atoms with Crippen LogP contribution in [0.4, 0.5) is 4.79 Å². The molecule has 7 nitrogen and oxygen atoms in total. The van der Waals surface area contributed by atoms with Crippen molar-refractivity contribution < 1.29 is 24.2 Å². The lowest BCUT2D eigenvalue weighted by molar-refractivity contribution is -0.152. The number of nitrogens with zero attached hydrogens (tertiary/aromatic N) is 2. The normalized spacial score (nSPS) is 16.1. The van der Waals surface area contributed by atoms with Gasteiger partial charge in [-0.25, -0.2) is 4.79 Å². The Morgan fingerprint density at radius 3 is 2.53 bits per heavy atom. The highest BCUT2D eigenvalue weighted by atomic mass is 35.5. The third-order valence-corrected chi connectivity index (χ3v) is 6.37. The highest BCUT2D eigenvalue weighted by molar-refractivity contribution is 6.32. The second-order valence-corrected chi connectivity index (χ2v) is 9.78. The van der Waals surface area contributed by atoms with Gasteiger partial charge in [0.25, 0.3) is 0 Å². The van der Waals surface area contributed by atoms with E-state index in [2.05, 4.69) is 4.98 Å². The highest BCUT2D eigenvalue weighted by Crippen LogP contribution is 2.38. The number of pyridine rings is 1. The number of aliphatic carboxylic acids is 1. The monoisotopic (exact) mass is 462 g/mol. The maximum Gasteiger partial charge on any atom is 0.410 e. The third kappa shape index (κ3) is 5.44. The Bertz CT molecular complexity index is 994. The van der Waals surface area contributed by atoms with E-state index in [-0.39, 0.29) is 6.09 Å². The lowest BCUT2D eigenvalue weighted by atomic mass is 9.74. The fourth-order valence-electron chi connectivity index (χ4n) is 4.20. The van der Waals surface area contributed by atoms with E-state index in [0.29, 0.717) is 50.2 Å². The molecule has 0 spiro atoms. The van der Waals surface area contributed by atoms with Crippen molar-refractivity contribution in [3.05, 3.63) is 35.0 Å². The van der Waals surface area contributed by atoms with Crippen molar-refractivity contribution >= 4 is 34.6 Å². The van der Waals surface area contributed by atoms with Gasteiger partial charge in [0, 0.05) is 24.7 Å². The number of carbonyl (C=O) groups is 2. The molecule has 0 saturated carbocycles. The van der Waals surface area contributed by atoms with Crippen molar-refractivity contribution in [2.24, 2.45) is 5.41 Å². The molecule has 1 aromatic heterocycles. The molecule has 2 aromatic rings. The van der Waals surface area contributed by atoms with Crippen LogP contribution in [0.25, 0.3) is 10.9 Å². The summed E-state index contributed by atoms with van der Waals surface area (Å²) >= 11 is 6.45. The van der Waals surface area contributed by atoms with Crippen LogP contribution in [0.3, 0.4) is 0 Å². The Kier molecular flexibility index (Phi) is 7.18. The zero-order valence-electron chi connectivity index (χ0n) is 19.1. The van der Waals surface area contributed by atoms with Crippen LogP contribution in [0.5, 0.6) is 5.75 Å². The highest BCUT2D eigenvalue weighted by Gasteiger charge is 2.42. The van der Waals surface area contributed by atoms with Crippen LogP contribution in [0.2, 0.25) is 5.02 Å². The van der Waals surface area contributed by atoms with Crippen molar-refractivity contribution in [3.8, 4) is 5.75 Å². The number of piperidine rings is 1. The number of amides is 1. The van der Waals surface area contributed by atoms with Gasteiger partial charge in [-0.15, -0.1) is 0 Å². The number of methoxy groups -OCH3 is 1.